The molecule has 0 aliphatic carbocycles. The van der Waals surface area contributed by atoms with E-state index in [-0.39, 0.29) is 13.2 Å². The SMILES string of the molecule is CC(C)NCCC(CN)(CO)CO. The molecule has 5 N–H and O–H groups in total. The lowest BCUT2D eigenvalue weighted by Crippen LogP contribution is -2.41. The van der Waals surface area contributed by atoms with Gasteiger partial charge in [0.25, 0.3) is 0 Å². The van der Waals surface area contributed by atoms with Crippen LogP contribution < -0.4 is 11.1 Å². The molecule has 0 rings (SSSR count). The van der Waals surface area contributed by atoms with E-state index in [1.165, 1.54) is 0 Å². The lowest BCUT2D eigenvalue weighted by molar-refractivity contribution is 0.0541. The average molecular weight is 190 g/mol. The van der Waals surface area contributed by atoms with Gasteiger partial charge >= 0.3 is 0 Å². The molecule has 0 aromatic carbocycles. The Labute approximate surface area is 80.1 Å². The van der Waals surface area contributed by atoms with Crippen molar-refractivity contribution in [2.75, 3.05) is 26.3 Å². The van der Waals surface area contributed by atoms with Gasteiger partial charge in [-0.1, -0.05) is 13.8 Å². The van der Waals surface area contributed by atoms with Crippen LogP contribution in [0.5, 0.6) is 0 Å². The van der Waals surface area contributed by atoms with Crippen LogP contribution >= 0.6 is 0 Å². The Bertz CT molecular complexity index is 117. The summed E-state index contributed by atoms with van der Waals surface area (Å²) in [7, 11) is 0. The Hall–Kier alpha value is -0.160. The Morgan fingerprint density at radius 3 is 2.15 bits per heavy atom. The predicted molar refractivity (Wildman–Crippen MR) is 53.4 cm³/mol. The van der Waals surface area contributed by atoms with Crippen LogP contribution in [0, 0.1) is 5.41 Å². The smallest absolute Gasteiger partial charge is 0.0522 e. The summed E-state index contributed by atoms with van der Waals surface area (Å²) in [4.78, 5) is 0. The molecule has 0 unspecified atom stereocenters. The van der Waals surface area contributed by atoms with Crippen molar-refractivity contribution in [2.45, 2.75) is 26.3 Å². The fraction of sp³-hybridized carbons (Fsp3) is 1.00. The zero-order valence-electron chi connectivity index (χ0n) is 8.58. The maximum atomic E-state index is 9.07. The van der Waals surface area contributed by atoms with E-state index in [0.717, 1.165) is 6.54 Å². The first-order valence-electron chi connectivity index (χ1n) is 4.75. The normalized spacial score (nSPS) is 12.5. The second-order valence-corrected chi connectivity index (χ2v) is 3.88. The number of nitrogens with two attached hydrogens (primary N) is 1. The summed E-state index contributed by atoms with van der Waals surface area (Å²) in [6, 6.07) is 0.424. The Balaban J connectivity index is 3.81. The largest absolute Gasteiger partial charge is 0.396 e. The van der Waals surface area contributed by atoms with E-state index in [0.29, 0.717) is 19.0 Å². The van der Waals surface area contributed by atoms with Crippen LogP contribution in [-0.4, -0.2) is 42.6 Å². The highest BCUT2D eigenvalue weighted by Crippen LogP contribution is 2.17. The molecule has 0 fully saturated rings. The maximum absolute atomic E-state index is 9.07. The number of rotatable bonds is 7. The van der Waals surface area contributed by atoms with Crippen molar-refractivity contribution >= 4 is 0 Å². The van der Waals surface area contributed by atoms with Crippen LogP contribution in [-0.2, 0) is 0 Å². The van der Waals surface area contributed by atoms with Crippen molar-refractivity contribution in [1.29, 1.82) is 0 Å². The molecule has 0 spiro atoms. The molecule has 4 nitrogen and oxygen atoms in total. The third kappa shape index (κ3) is 4.57. The van der Waals surface area contributed by atoms with Crippen molar-refractivity contribution in [3.8, 4) is 0 Å². The topological polar surface area (TPSA) is 78.5 Å². The molecule has 0 saturated heterocycles. The standard InChI is InChI=1S/C9H22N2O2/c1-8(2)11-4-3-9(5-10,6-12)7-13/h8,11-13H,3-7,10H2,1-2H3. The van der Waals surface area contributed by atoms with E-state index in [1.807, 2.05) is 0 Å². The van der Waals surface area contributed by atoms with Gasteiger partial charge < -0.3 is 21.3 Å². The van der Waals surface area contributed by atoms with Crippen molar-refractivity contribution in [3.63, 3.8) is 0 Å². The molecule has 0 bridgehead atoms. The van der Waals surface area contributed by atoms with Crippen LogP contribution in [0.15, 0.2) is 0 Å². The van der Waals surface area contributed by atoms with Gasteiger partial charge in [0.15, 0.2) is 0 Å². The summed E-state index contributed by atoms with van der Waals surface area (Å²) < 4.78 is 0. The number of aliphatic hydroxyl groups excluding tert-OH is 2. The van der Waals surface area contributed by atoms with Gasteiger partial charge in [0.05, 0.1) is 13.2 Å². The maximum Gasteiger partial charge on any atom is 0.0522 e. The van der Waals surface area contributed by atoms with E-state index in [2.05, 4.69) is 19.2 Å². The third-order valence-corrected chi connectivity index (χ3v) is 2.31. The summed E-state index contributed by atoms with van der Waals surface area (Å²) in [5, 5.41) is 21.4. The Morgan fingerprint density at radius 1 is 1.31 bits per heavy atom. The minimum atomic E-state index is -0.512. The zero-order chi connectivity index (χ0) is 10.3. The molecule has 4 heteroatoms. The van der Waals surface area contributed by atoms with Crippen LogP contribution in [0.25, 0.3) is 0 Å². The van der Waals surface area contributed by atoms with Crippen molar-refractivity contribution < 1.29 is 10.2 Å². The fourth-order valence-electron chi connectivity index (χ4n) is 1.07. The molecule has 0 heterocycles. The van der Waals surface area contributed by atoms with Crippen LogP contribution in [0.4, 0.5) is 0 Å². The number of aliphatic hydroxyl groups is 2. The lowest BCUT2D eigenvalue weighted by atomic mass is 9.86. The van der Waals surface area contributed by atoms with Gasteiger partial charge in [-0.05, 0) is 13.0 Å². The molecule has 80 valence electrons. The monoisotopic (exact) mass is 190 g/mol. The molecular formula is C9H22N2O2. The highest BCUT2D eigenvalue weighted by molar-refractivity contribution is 4.79. The van der Waals surface area contributed by atoms with Crippen molar-refractivity contribution in [1.82, 2.24) is 5.32 Å². The first-order chi connectivity index (χ1) is 6.10. The molecule has 13 heavy (non-hydrogen) atoms. The zero-order valence-corrected chi connectivity index (χ0v) is 8.58. The summed E-state index contributed by atoms with van der Waals surface area (Å²) in [5.74, 6) is 0. The highest BCUT2D eigenvalue weighted by atomic mass is 16.3. The van der Waals surface area contributed by atoms with Gasteiger partial charge in [-0.2, -0.15) is 0 Å². The summed E-state index contributed by atoms with van der Waals surface area (Å²) >= 11 is 0. The Morgan fingerprint density at radius 2 is 1.85 bits per heavy atom. The fourth-order valence-corrected chi connectivity index (χ4v) is 1.07. The second kappa shape index (κ2) is 6.32. The predicted octanol–water partition coefficient (Wildman–Crippen LogP) is -0.696. The van der Waals surface area contributed by atoms with Gasteiger partial charge in [-0.25, -0.2) is 0 Å². The summed E-state index contributed by atoms with van der Waals surface area (Å²) in [5.41, 5.74) is 4.99. The molecule has 0 amide bonds. The Kier molecular flexibility index (Phi) is 6.24. The summed E-state index contributed by atoms with van der Waals surface area (Å²) in [6.45, 7) is 5.10. The molecule has 0 saturated carbocycles. The van der Waals surface area contributed by atoms with Crippen molar-refractivity contribution in [3.05, 3.63) is 0 Å². The highest BCUT2D eigenvalue weighted by Gasteiger charge is 2.26. The van der Waals surface area contributed by atoms with Crippen LogP contribution in [0.3, 0.4) is 0 Å². The lowest BCUT2D eigenvalue weighted by Gasteiger charge is -2.28. The first kappa shape index (κ1) is 12.8. The van der Waals surface area contributed by atoms with Gasteiger partial charge in [-0.3, -0.25) is 0 Å². The summed E-state index contributed by atoms with van der Waals surface area (Å²) in [6.07, 6.45) is 0.703. The van der Waals surface area contributed by atoms with Gasteiger partial charge in [-0.15, -0.1) is 0 Å². The van der Waals surface area contributed by atoms with E-state index in [1.54, 1.807) is 0 Å². The average Bonchev–Trinajstić information content (AvgIpc) is 2.13. The first-order valence-corrected chi connectivity index (χ1v) is 4.75. The van der Waals surface area contributed by atoms with Gasteiger partial charge in [0.1, 0.15) is 0 Å². The third-order valence-electron chi connectivity index (χ3n) is 2.31. The molecule has 0 aliphatic heterocycles. The number of hydrogen-bond acceptors (Lipinski definition) is 4. The van der Waals surface area contributed by atoms with E-state index < -0.39 is 5.41 Å². The second-order valence-electron chi connectivity index (χ2n) is 3.88. The van der Waals surface area contributed by atoms with E-state index >= 15 is 0 Å². The minimum Gasteiger partial charge on any atom is -0.396 e. The van der Waals surface area contributed by atoms with Gasteiger partial charge in [0.2, 0.25) is 0 Å². The molecule has 0 aromatic heterocycles. The molecular weight excluding hydrogens is 168 g/mol. The molecule has 0 atom stereocenters. The number of hydrogen-bond donors (Lipinski definition) is 4. The van der Waals surface area contributed by atoms with Crippen molar-refractivity contribution in [2.24, 2.45) is 11.1 Å². The van der Waals surface area contributed by atoms with Crippen LogP contribution in [0.2, 0.25) is 0 Å². The minimum absolute atomic E-state index is 0.0558. The molecule has 0 radical (unpaired) electrons. The molecule has 0 aromatic rings. The van der Waals surface area contributed by atoms with E-state index in [4.69, 9.17) is 15.9 Å². The van der Waals surface area contributed by atoms with Gasteiger partial charge in [0, 0.05) is 18.0 Å². The number of nitrogens with one attached hydrogen (secondary N) is 1. The van der Waals surface area contributed by atoms with Crippen LogP contribution in [0.1, 0.15) is 20.3 Å². The quantitative estimate of drug-likeness (QED) is 0.428. The molecule has 0 aliphatic rings. The van der Waals surface area contributed by atoms with E-state index in [9.17, 15) is 0 Å².